The average Bonchev–Trinajstić information content (AvgIpc) is 3.44. The Morgan fingerprint density at radius 1 is 1.02 bits per heavy atom. The summed E-state index contributed by atoms with van der Waals surface area (Å²) in [6, 6.07) is 8.62. The number of pyridine rings is 2. The number of anilines is 2. The van der Waals surface area contributed by atoms with Crippen molar-refractivity contribution in [3.63, 3.8) is 0 Å². The first-order valence-corrected chi connectivity index (χ1v) is 15.6. The van der Waals surface area contributed by atoms with Gasteiger partial charge in [-0.2, -0.15) is 0 Å². The summed E-state index contributed by atoms with van der Waals surface area (Å²) in [5.41, 5.74) is 9.31. The van der Waals surface area contributed by atoms with Crippen LogP contribution in [0.25, 0.3) is 22.2 Å². The highest BCUT2D eigenvalue weighted by atomic mass is 16.5. The van der Waals surface area contributed by atoms with E-state index in [4.69, 9.17) is 9.72 Å². The summed E-state index contributed by atoms with van der Waals surface area (Å²) < 4.78 is 6.25. The van der Waals surface area contributed by atoms with Gasteiger partial charge in [-0.15, -0.1) is 0 Å². The quantitative estimate of drug-likeness (QED) is 0.251. The highest BCUT2D eigenvalue weighted by molar-refractivity contribution is 5.89. The fourth-order valence-corrected chi connectivity index (χ4v) is 6.73. The fourth-order valence-electron chi connectivity index (χ4n) is 6.73. The summed E-state index contributed by atoms with van der Waals surface area (Å²) in [6.45, 7) is 17.6. The molecule has 1 atom stereocenters. The van der Waals surface area contributed by atoms with Gasteiger partial charge in [-0.05, 0) is 82.1 Å². The van der Waals surface area contributed by atoms with E-state index in [-0.39, 0.29) is 5.41 Å². The third-order valence-electron chi connectivity index (χ3n) is 9.10. The first kappa shape index (κ1) is 30.1. The van der Waals surface area contributed by atoms with Gasteiger partial charge in [0.2, 0.25) is 0 Å². The van der Waals surface area contributed by atoms with Crippen LogP contribution < -0.4 is 9.80 Å². The van der Waals surface area contributed by atoms with Crippen LogP contribution in [0.5, 0.6) is 0 Å². The second-order valence-corrected chi connectivity index (χ2v) is 14.1. The SMILES string of the molecule is Cc1nc(C)c([C@H](OC(C)(C)C)C(=O)O)c(N2CCC(C)(C)CC2)c1-c1ccc2c(c1)CCN(c1nccc3[nH]cnc13)C2. The number of benzene rings is 1. The van der Waals surface area contributed by atoms with Crippen molar-refractivity contribution in [3.8, 4) is 11.1 Å². The Hall–Kier alpha value is -3.98. The molecule has 2 aliphatic rings. The minimum atomic E-state index is -1.13. The Kier molecular flexibility index (Phi) is 7.64. The number of nitrogens with zero attached hydrogens (tertiary/aromatic N) is 5. The summed E-state index contributed by atoms with van der Waals surface area (Å²) in [4.78, 5) is 34.8. The molecule has 4 aromatic rings. The van der Waals surface area contributed by atoms with Gasteiger partial charge in [0, 0.05) is 54.9 Å². The van der Waals surface area contributed by atoms with Crippen molar-refractivity contribution >= 4 is 28.5 Å². The summed E-state index contributed by atoms with van der Waals surface area (Å²) in [5.74, 6) is -0.0974. The van der Waals surface area contributed by atoms with Crippen LogP contribution in [-0.4, -0.2) is 56.2 Å². The highest BCUT2D eigenvalue weighted by Gasteiger charge is 2.36. The smallest absolute Gasteiger partial charge is 0.337 e. The predicted octanol–water partition coefficient (Wildman–Crippen LogP) is 6.77. The van der Waals surface area contributed by atoms with Crippen molar-refractivity contribution in [3.05, 3.63) is 64.9 Å². The lowest BCUT2D eigenvalue weighted by Crippen LogP contribution is -2.39. The number of carboxylic acid groups (broad SMARTS) is 1. The van der Waals surface area contributed by atoms with Crippen LogP contribution in [0.15, 0.2) is 36.8 Å². The molecular formula is C35H44N6O3. The number of ether oxygens (including phenoxy) is 1. The third-order valence-corrected chi connectivity index (χ3v) is 9.10. The van der Waals surface area contributed by atoms with E-state index in [0.717, 1.165) is 84.8 Å². The van der Waals surface area contributed by atoms with Crippen molar-refractivity contribution in [2.24, 2.45) is 5.41 Å². The molecule has 232 valence electrons. The van der Waals surface area contributed by atoms with Gasteiger partial charge in [0.25, 0.3) is 0 Å². The highest BCUT2D eigenvalue weighted by Crippen LogP contribution is 2.45. The first-order chi connectivity index (χ1) is 20.8. The molecule has 44 heavy (non-hydrogen) atoms. The molecule has 0 radical (unpaired) electrons. The number of nitrogens with one attached hydrogen (secondary N) is 1. The van der Waals surface area contributed by atoms with Crippen molar-refractivity contribution in [1.82, 2.24) is 19.9 Å². The molecule has 9 nitrogen and oxygen atoms in total. The Labute approximate surface area is 259 Å². The number of aryl methyl sites for hydroxylation is 2. The monoisotopic (exact) mass is 596 g/mol. The zero-order valence-corrected chi connectivity index (χ0v) is 27.0. The number of imidazole rings is 1. The molecule has 1 saturated heterocycles. The van der Waals surface area contributed by atoms with Gasteiger partial charge in [-0.3, -0.25) is 4.98 Å². The maximum absolute atomic E-state index is 12.8. The number of H-pyrrole nitrogens is 1. The Morgan fingerprint density at radius 2 is 1.77 bits per heavy atom. The molecular weight excluding hydrogens is 552 g/mol. The molecule has 1 aromatic carbocycles. The molecule has 0 spiro atoms. The minimum Gasteiger partial charge on any atom is -0.479 e. The molecule has 1 fully saturated rings. The van der Waals surface area contributed by atoms with E-state index in [9.17, 15) is 9.90 Å². The number of hydrogen-bond acceptors (Lipinski definition) is 7. The maximum atomic E-state index is 12.8. The van der Waals surface area contributed by atoms with E-state index in [1.54, 1.807) is 6.33 Å². The molecule has 2 N–H and O–H groups in total. The van der Waals surface area contributed by atoms with E-state index in [2.05, 4.69) is 56.8 Å². The average molecular weight is 597 g/mol. The first-order valence-electron chi connectivity index (χ1n) is 15.6. The van der Waals surface area contributed by atoms with E-state index in [1.165, 1.54) is 11.1 Å². The lowest BCUT2D eigenvalue weighted by atomic mass is 9.81. The number of piperidine rings is 1. The van der Waals surface area contributed by atoms with Crippen molar-refractivity contribution in [1.29, 1.82) is 0 Å². The zero-order chi connectivity index (χ0) is 31.4. The standard InChI is InChI=1S/C35H44N6O3/c1-21-27(24-8-9-25-19-41(15-11-23(25)18-24)32-29-26(10-14-36-32)37-20-38-29)30(40-16-12-35(6,7)13-17-40)28(22(2)39-21)31(33(42)43)44-34(3,4)5/h8-10,14,18,20,31H,11-13,15-17,19H2,1-7H3,(H,37,38)(H,42,43)/t31-/m0/s1. The van der Waals surface area contributed by atoms with Crippen LogP contribution in [0.1, 0.15) is 81.6 Å². The molecule has 2 aliphatic heterocycles. The van der Waals surface area contributed by atoms with Gasteiger partial charge in [-0.1, -0.05) is 32.0 Å². The fraction of sp³-hybridized carbons (Fsp3) is 0.486. The van der Waals surface area contributed by atoms with Crippen LogP contribution in [0.4, 0.5) is 11.5 Å². The van der Waals surface area contributed by atoms with Gasteiger partial charge < -0.3 is 24.6 Å². The topological polar surface area (TPSA) is 107 Å². The number of fused-ring (bicyclic) bond motifs is 2. The molecule has 3 aromatic heterocycles. The van der Waals surface area contributed by atoms with Crippen molar-refractivity contribution in [2.75, 3.05) is 29.4 Å². The van der Waals surface area contributed by atoms with Gasteiger partial charge >= 0.3 is 5.97 Å². The molecule has 0 aliphatic carbocycles. The minimum absolute atomic E-state index is 0.245. The Morgan fingerprint density at radius 3 is 2.48 bits per heavy atom. The number of hydrogen-bond donors (Lipinski definition) is 2. The number of carboxylic acids is 1. The Balaban J connectivity index is 1.44. The molecule has 0 amide bonds. The van der Waals surface area contributed by atoms with Gasteiger partial charge in [-0.25, -0.2) is 14.8 Å². The maximum Gasteiger partial charge on any atom is 0.337 e. The molecule has 0 unspecified atom stereocenters. The third kappa shape index (κ3) is 5.77. The summed E-state index contributed by atoms with van der Waals surface area (Å²) in [5, 5.41) is 10.5. The normalized spacial score (nSPS) is 17.5. The van der Waals surface area contributed by atoms with Gasteiger partial charge in [0.15, 0.2) is 11.9 Å². The molecule has 9 heteroatoms. The lowest BCUT2D eigenvalue weighted by molar-refractivity contribution is -0.160. The second-order valence-electron chi connectivity index (χ2n) is 14.1. The number of aromatic amines is 1. The van der Waals surface area contributed by atoms with Crippen molar-refractivity contribution < 1.29 is 14.6 Å². The molecule has 0 saturated carbocycles. The number of aromatic nitrogens is 4. The predicted molar refractivity (Wildman–Crippen MR) is 174 cm³/mol. The van der Waals surface area contributed by atoms with E-state index in [1.807, 2.05) is 46.9 Å². The van der Waals surface area contributed by atoms with Crippen LogP contribution in [0.3, 0.4) is 0 Å². The van der Waals surface area contributed by atoms with Crippen LogP contribution in [0, 0.1) is 19.3 Å². The van der Waals surface area contributed by atoms with Crippen LogP contribution >= 0.6 is 0 Å². The van der Waals surface area contributed by atoms with E-state index >= 15 is 0 Å². The lowest BCUT2D eigenvalue weighted by Gasteiger charge is -2.41. The van der Waals surface area contributed by atoms with Crippen LogP contribution in [0.2, 0.25) is 0 Å². The number of aliphatic carboxylic acids is 1. The summed E-state index contributed by atoms with van der Waals surface area (Å²) >= 11 is 0. The zero-order valence-electron chi connectivity index (χ0n) is 27.0. The van der Waals surface area contributed by atoms with E-state index in [0.29, 0.717) is 11.3 Å². The second kappa shape index (κ2) is 11.2. The van der Waals surface area contributed by atoms with E-state index < -0.39 is 17.7 Å². The molecule has 6 rings (SSSR count). The summed E-state index contributed by atoms with van der Waals surface area (Å²) in [6.07, 6.45) is 5.34. The summed E-state index contributed by atoms with van der Waals surface area (Å²) in [7, 11) is 0. The number of carbonyl (C=O) groups is 1. The largest absolute Gasteiger partial charge is 0.479 e. The van der Waals surface area contributed by atoms with Crippen molar-refractivity contribution in [2.45, 2.75) is 86.0 Å². The Bertz CT molecular complexity index is 1710. The number of rotatable bonds is 6. The van der Waals surface area contributed by atoms with Gasteiger partial charge in [0.1, 0.15) is 5.52 Å². The van der Waals surface area contributed by atoms with Crippen LogP contribution in [-0.2, 0) is 22.5 Å². The molecule has 0 bridgehead atoms. The molecule has 5 heterocycles. The van der Waals surface area contributed by atoms with Gasteiger partial charge in [0.05, 0.1) is 23.1 Å².